The van der Waals surface area contributed by atoms with E-state index in [1.54, 1.807) is 0 Å². The van der Waals surface area contributed by atoms with Crippen LogP contribution in [-0.2, 0) is 10.2 Å². The highest BCUT2D eigenvalue weighted by molar-refractivity contribution is 5.82. The van der Waals surface area contributed by atoms with Crippen LogP contribution in [0.1, 0.15) is 37.7 Å². The number of phenols is 1. The summed E-state index contributed by atoms with van der Waals surface area (Å²) >= 11 is 0. The molecule has 0 bridgehead atoms. The van der Waals surface area contributed by atoms with Gasteiger partial charge in [-0.05, 0) is 25.0 Å². The first-order chi connectivity index (χ1) is 8.49. The van der Waals surface area contributed by atoms with Crippen molar-refractivity contribution in [2.45, 2.75) is 37.5 Å². The van der Waals surface area contributed by atoms with Gasteiger partial charge in [-0.15, -0.1) is 0 Å². The molecule has 1 aliphatic rings. The lowest BCUT2D eigenvalue weighted by molar-refractivity contribution is -0.145. The van der Waals surface area contributed by atoms with Gasteiger partial charge >= 0.3 is 5.97 Å². The van der Waals surface area contributed by atoms with Crippen molar-refractivity contribution in [1.29, 1.82) is 0 Å². The van der Waals surface area contributed by atoms with Gasteiger partial charge in [-0.3, -0.25) is 4.79 Å². The first-order valence-corrected chi connectivity index (χ1v) is 5.90. The number of carbonyl (C=O) groups is 1. The Morgan fingerprint density at radius 2 is 1.67 bits per heavy atom. The van der Waals surface area contributed by atoms with E-state index in [1.165, 1.54) is 0 Å². The average Bonchev–Trinajstić information content (AvgIpc) is 2.35. The lowest BCUT2D eigenvalue weighted by Crippen LogP contribution is -2.38. The van der Waals surface area contributed by atoms with Crippen LogP contribution in [0.15, 0.2) is 12.1 Å². The van der Waals surface area contributed by atoms with Gasteiger partial charge in [0.1, 0.15) is 5.82 Å². The molecule has 98 valence electrons. The summed E-state index contributed by atoms with van der Waals surface area (Å²) in [6.45, 7) is 0. The molecule has 1 aliphatic carbocycles. The second-order valence-corrected chi connectivity index (χ2v) is 4.70. The molecule has 5 heteroatoms. The van der Waals surface area contributed by atoms with Crippen LogP contribution >= 0.6 is 0 Å². The third-order valence-electron chi connectivity index (χ3n) is 3.67. The van der Waals surface area contributed by atoms with Crippen molar-refractivity contribution in [2.24, 2.45) is 0 Å². The highest BCUT2D eigenvalue weighted by Gasteiger charge is 2.45. The van der Waals surface area contributed by atoms with Crippen LogP contribution < -0.4 is 0 Å². The van der Waals surface area contributed by atoms with Crippen molar-refractivity contribution in [2.75, 3.05) is 0 Å². The molecule has 2 N–H and O–H groups in total. The number of carboxylic acids is 1. The van der Waals surface area contributed by atoms with E-state index < -0.39 is 34.3 Å². The van der Waals surface area contributed by atoms with E-state index >= 15 is 0 Å². The molecule has 18 heavy (non-hydrogen) atoms. The van der Waals surface area contributed by atoms with Crippen LogP contribution in [0.2, 0.25) is 0 Å². The minimum absolute atomic E-state index is 0.219. The first kappa shape index (κ1) is 12.8. The van der Waals surface area contributed by atoms with Crippen molar-refractivity contribution in [3.8, 4) is 5.75 Å². The van der Waals surface area contributed by atoms with Crippen LogP contribution in [-0.4, -0.2) is 16.2 Å². The second kappa shape index (κ2) is 4.55. The molecule has 0 unspecified atom stereocenters. The number of phenolic OH excluding ortho intramolecular Hbond substituents is 1. The summed E-state index contributed by atoms with van der Waals surface area (Å²) in [5, 5.41) is 19.0. The van der Waals surface area contributed by atoms with Crippen LogP contribution in [0.4, 0.5) is 8.78 Å². The van der Waals surface area contributed by atoms with Gasteiger partial charge in [-0.25, -0.2) is 8.78 Å². The van der Waals surface area contributed by atoms with Crippen LogP contribution in [0.3, 0.4) is 0 Å². The summed E-state index contributed by atoms with van der Waals surface area (Å²) < 4.78 is 27.2. The average molecular weight is 256 g/mol. The minimum atomic E-state index is -1.51. The Morgan fingerprint density at radius 1 is 1.11 bits per heavy atom. The Hall–Kier alpha value is -1.65. The van der Waals surface area contributed by atoms with Crippen LogP contribution in [0, 0.1) is 11.6 Å². The molecule has 0 saturated heterocycles. The first-order valence-electron chi connectivity index (χ1n) is 5.90. The van der Waals surface area contributed by atoms with Gasteiger partial charge in [0.25, 0.3) is 0 Å². The van der Waals surface area contributed by atoms with Crippen molar-refractivity contribution >= 4 is 5.97 Å². The summed E-state index contributed by atoms with van der Waals surface area (Å²) in [4.78, 5) is 11.5. The molecule has 2 rings (SSSR count). The predicted molar refractivity (Wildman–Crippen MR) is 60.4 cm³/mol. The number of hydrogen-bond donors (Lipinski definition) is 2. The summed E-state index contributed by atoms with van der Waals surface area (Å²) in [7, 11) is 0. The third kappa shape index (κ3) is 1.83. The minimum Gasteiger partial charge on any atom is -0.505 e. The van der Waals surface area contributed by atoms with Crippen LogP contribution in [0.5, 0.6) is 5.75 Å². The van der Waals surface area contributed by atoms with Crippen molar-refractivity contribution < 1.29 is 23.8 Å². The number of rotatable bonds is 2. The standard InChI is InChI=1S/C13H14F2O3/c14-8-4-5-9(15)11(16)10(8)13(12(17)18)6-2-1-3-7-13/h4-5,16H,1-3,6-7H2,(H,17,18). The molecular formula is C13H14F2O3. The predicted octanol–water partition coefficient (Wildman–Crippen LogP) is 2.96. The Balaban J connectivity index is 2.63. The molecule has 0 atom stereocenters. The topological polar surface area (TPSA) is 57.5 Å². The molecule has 0 aliphatic heterocycles. The quantitative estimate of drug-likeness (QED) is 0.855. The molecule has 1 fully saturated rings. The van der Waals surface area contributed by atoms with Gasteiger partial charge < -0.3 is 10.2 Å². The number of hydrogen-bond acceptors (Lipinski definition) is 2. The molecule has 0 aromatic heterocycles. The van der Waals surface area contributed by atoms with E-state index in [4.69, 9.17) is 0 Å². The Bertz CT molecular complexity index is 479. The summed E-state index contributed by atoms with van der Waals surface area (Å²) in [5.41, 5.74) is -1.91. The molecule has 0 spiro atoms. The lowest BCUT2D eigenvalue weighted by atomic mass is 9.69. The molecule has 1 aromatic carbocycles. The van der Waals surface area contributed by atoms with E-state index in [0.717, 1.165) is 18.6 Å². The number of aliphatic carboxylic acids is 1. The van der Waals surface area contributed by atoms with E-state index in [2.05, 4.69) is 0 Å². The van der Waals surface area contributed by atoms with Crippen molar-refractivity contribution in [3.05, 3.63) is 29.3 Å². The van der Waals surface area contributed by atoms with E-state index in [9.17, 15) is 23.8 Å². The monoisotopic (exact) mass is 256 g/mol. The fourth-order valence-corrected chi connectivity index (χ4v) is 2.72. The fraction of sp³-hybridized carbons (Fsp3) is 0.462. The van der Waals surface area contributed by atoms with Gasteiger partial charge in [-0.2, -0.15) is 0 Å². The lowest BCUT2D eigenvalue weighted by Gasteiger charge is -2.34. The fourth-order valence-electron chi connectivity index (χ4n) is 2.72. The second-order valence-electron chi connectivity index (χ2n) is 4.70. The molecule has 0 radical (unpaired) electrons. The third-order valence-corrected chi connectivity index (χ3v) is 3.67. The Kier molecular flexibility index (Phi) is 3.24. The van der Waals surface area contributed by atoms with Crippen LogP contribution in [0.25, 0.3) is 0 Å². The highest BCUT2D eigenvalue weighted by Crippen LogP contribution is 2.45. The zero-order valence-corrected chi connectivity index (χ0v) is 9.75. The van der Waals surface area contributed by atoms with Gasteiger partial charge in [0.05, 0.1) is 5.41 Å². The Labute approximate surface area is 103 Å². The normalized spacial score (nSPS) is 18.6. The molecular weight excluding hydrogens is 242 g/mol. The van der Waals surface area contributed by atoms with E-state index in [-0.39, 0.29) is 12.8 Å². The number of halogens is 2. The largest absolute Gasteiger partial charge is 0.505 e. The number of aromatic hydroxyl groups is 1. The van der Waals surface area contributed by atoms with Gasteiger partial charge in [0.15, 0.2) is 11.6 Å². The summed E-state index contributed by atoms with van der Waals surface area (Å²) in [5.74, 6) is -3.93. The zero-order chi connectivity index (χ0) is 13.3. The molecule has 3 nitrogen and oxygen atoms in total. The summed E-state index contributed by atoms with van der Waals surface area (Å²) in [6.07, 6.45) is 2.56. The molecule has 1 aromatic rings. The maximum absolute atomic E-state index is 13.8. The molecule has 1 saturated carbocycles. The smallest absolute Gasteiger partial charge is 0.314 e. The van der Waals surface area contributed by atoms with E-state index in [1.807, 2.05) is 0 Å². The highest BCUT2D eigenvalue weighted by atomic mass is 19.1. The number of benzene rings is 1. The van der Waals surface area contributed by atoms with Gasteiger partial charge in [0.2, 0.25) is 0 Å². The Morgan fingerprint density at radius 3 is 2.22 bits per heavy atom. The molecule has 0 amide bonds. The van der Waals surface area contributed by atoms with Gasteiger partial charge in [-0.1, -0.05) is 19.3 Å². The summed E-state index contributed by atoms with van der Waals surface area (Å²) in [6, 6.07) is 1.66. The van der Waals surface area contributed by atoms with E-state index in [0.29, 0.717) is 12.8 Å². The van der Waals surface area contributed by atoms with Gasteiger partial charge in [0, 0.05) is 5.56 Å². The van der Waals surface area contributed by atoms with Crippen molar-refractivity contribution in [3.63, 3.8) is 0 Å². The maximum atomic E-state index is 13.8. The SMILES string of the molecule is O=C(O)C1(c2c(F)ccc(F)c2O)CCCCC1. The van der Waals surface area contributed by atoms with Crippen molar-refractivity contribution in [1.82, 2.24) is 0 Å². The number of carboxylic acid groups (broad SMARTS) is 1. The molecule has 0 heterocycles. The zero-order valence-electron chi connectivity index (χ0n) is 9.75. The maximum Gasteiger partial charge on any atom is 0.314 e.